The second kappa shape index (κ2) is 8.13. The molecule has 3 N–H and O–H groups in total. The van der Waals surface area contributed by atoms with Crippen LogP contribution in [0.3, 0.4) is 0 Å². The number of hydrogen-bond donors (Lipinski definition) is 3. The quantitative estimate of drug-likeness (QED) is 0.596. The van der Waals surface area contributed by atoms with Crippen molar-refractivity contribution < 1.29 is 18.0 Å². The van der Waals surface area contributed by atoms with Crippen LogP contribution in [-0.4, -0.2) is 53.0 Å². The largest absolute Gasteiger partial charge is 0.381 e. The molecule has 0 unspecified atom stereocenters. The fourth-order valence-corrected chi connectivity index (χ4v) is 3.88. The van der Waals surface area contributed by atoms with Crippen molar-refractivity contribution in [1.29, 1.82) is 0 Å². The smallest absolute Gasteiger partial charge is 0.273 e. The van der Waals surface area contributed by atoms with E-state index < -0.39 is 27.4 Å². The Balaban J connectivity index is 1.86. The van der Waals surface area contributed by atoms with Gasteiger partial charge >= 0.3 is 0 Å². The number of aryl methyl sites for hydroxylation is 1. The molecule has 0 radical (unpaired) electrons. The molecule has 0 aromatic carbocycles. The standard InChI is InChI=1S/C17H24N6O4S/c1-3-23-16-12(9-19-23)15(20-11-6-4-5-7-11)13(8-18-16)17(25)22-21-14(24)10-28(2,26)27/h8-9,11H,3-7,10H2,1-2H3,(H,18,20)(H,21,24)(H,22,25). The Hall–Kier alpha value is -2.69. The Morgan fingerprint density at radius 1 is 1.21 bits per heavy atom. The lowest BCUT2D eigenvalue weighted by Gasteiger charge is -2.18. The summed E-state index contributed by atoms with van der Waals surface area (Å²) in [4.78, 5) is 28.7. The van der Waals surface area contributed by atoms with Gasteiger partial charge in [0.2, 0.25) is 0 Å². The average Bonchev–Trinajstić information content (AvgIpc) is 3.27. The van der Waals surface area contributed by atoms with Gasteiger partial charge in [0.1, 0.15) is 5.75 Å². The summed E-state index contributed by atoms with van der Waals surface area (Å²) in [6.45, 7) is 2.60. The Bertz CT molecular complexity index is 994. The Morgan fingerprint density at radius 3 is 2.57 bits per heavy atom. The van der Waals surface area contributed by atoms with Crippen LogP contribution in [-0.2, 0) is 21.2 Å². The number of rotatable bonds is 6. The van der Waals surface area contributed by atoms with E-state index in [1.54, 1.807) is 10.9 Å². The van der Waals surface area contributed by atoms with E-state index in [4.69, 9.17) is 0 Å². The molecule has 2 aromatic rings. The number of nitrogens with zero attached hydrogens (tertiary/aromatic N) is 3. The summed E-state index contributed by atoms with van der Waals surface area (Å²) in [5, 5.41) is 8.47. The summed E-state index contributed by atoms with van der Waals surface area (Å²) in [5.74, 6) is -2.10. The van der Waals surface area contributed by atoms with E-state index in [0.29, 0.717) is 17.9 Å². The van der Waals surface area contributed by atoms with E-state index in [2.05, 4.69) is 26.3 Å². The zero-order valence-corrected chi connectivity index (χ0v) is 16.7. The second-order valence-corrected chi connectivity index (χ2v) is 9.08. The molecular formula is C17H24N6O4S. The van der Waals surface area contributed by atoms with Gasteiger partial charge in [-0.1, -0.05) is 12.8 Å². The SMILES string of the molecule is CCn1ncc2c(NC3CCCC3)c(C(=O)NNC(=O)CS(C)(=O)=O)cnc21. The number of amides is 2. The first-order valence-corrected chi connectivity index (χ1v) is 11.2. The lowest BCUT2D eigenvalue weighted by molar-refractivity contribution is -0.119. The van der Waals surface area contributed by atoms with Gasteiger partial charge in [0.25, 0.3) is 11.8 Å². The zero-order chi connectivity index (χ0) is 20.3. The normalized spacial score (nSPS) is 14.9. The fourth-order valence-electron chi connectivity index (χ4n) is 3.33. The van der Waals surface area contributed by atoms with Crippen LogP contribution < -0.4 is 16.2 Å². The van der Waals surface area contributed by atoms with E-state index in [1.807, 2.05) is 6.92 Å². The molecule has 0 saturated heterocycles. The minimum Gasteiger partial charge on any atom is -0.381 e. The first kappa shape index (κ1) is 20.1. The molecule has 10 nitrogen and oxygen atoms in total. The molecule has 1 aliphatic carbocycles. The molecule has 152 valence electrons. The van der Waals surface area contributed by atoms with Gasteiger partial charge < -0.3 is 5.32 Å². The number of sulfone groups is 1. The van der Waals surface area contributed by atoms with Gasteiger partial charge in [0.15, 0.2) is 15.5 Å². The molecule has 2 aromatic heterocycles. The first-order valence-electron chi connectivity index (χ1n) is 9.16. The van der Waals surface area contributed by atoms with Gasteiger partial charge in [-0.15, -0.1) is 0 Å². The van der Waals surface area contributed by atoms with E-state index >= 15 is 0 Å². The molecule has 0 atom stereocenters. The topological polar surface area (TPSA) is 135 Å². The summed E-state index contributed by atoms with van der Waals surface area (Å²) in [7, 11) is -3.49. The van der Waals surface area contributed by atoms with Crippen LogP contribution in [0.2, 0.25) is 0 Å². The Kier molecular flexibility index (Phi) is 5.82. The van der Waals surface area contributed by atoms with Crippen LogP contribution in [0.15, 0.2) is 12.4 Å². The van der Waals surface area contributed by atoms with Crippen molar-refractivity contribution in [3.05, 3.63) is 18.0 Å². The lowest BCUT2D eigenvalue weighted by atomic mass is 10.1. The summed E-state index contributed by atoms with van der Waals surface area (Å²) >= 11 is 0. The highest BCUT2D eigenvalue weighted by Gasteiger charge is 2.23. The fraction of sp³-hybridized carbons (Fsp3) is 0.529. The van der Waals surface area contributed by atoms with Crippen LogP contribution in [0, 0.1) is 0 Å². The molecule has 2 heterocycles. The number of fused-ring (bicyclic) bond motifs is 1. The first-order chi connectivity index (χ1) is 13.3. The number of anilines is 1. The van der Waals surface area contributed by atoms with Crippen LogP contribution in [0.5, 0.6) is 0 Å². The van der Waals surface area contributed by atoms with Crippen molar-refractivity contribution in [3.63, 3.8) is 0 Å². The van der Waals surface area contributed by atoms with E-state index in [1.165, 1.54) is 6.20 Å². The van der Waals surface area contributed by atoms with E-state index in [-0.39, 0.29) is 11.6 Å². The van der Waals surface area contributed by atoms with Crippen molar-refractivity contribution in [2.24, 2.45) is 0 Å². The summed E-state index contributed by atoms with van der Waals surface area (Å²) in [5.41, 5.74) is 5.93. The van der Waals surface area contributed by atoms with Gasteiger partial charge in [-0.2, -0.15) is 5.10 Å². The third-order valence-electron chi connectivity index (χ3n) is 4.62. The predicted octanol–water partition coefficient (Wildman–Crippen LogP) is 0.611. The number of hydrogen-bond acceptors (Lipinski definition) is 7. The van der Waals surface area contributed by atoms with E-state index in [0.717, 1.165) is 37.3 Å². The molecule has 11 heteroatoms. The van der Waals surface area contributed by atoms with Crippen molar-refractivity contribution >= 4 is 38.4 Å². The van der Waals surface area contributed by atoms with Crippen molar-refractivity contribution in [3.8, 4) is 0 Å². The summed E-state index contributed by atoms with van der Waals surface area (Å²) in [6, 6.07) is 0.252. The van der Waals surface area contributed by atoms with Gasteiger partial charge in [-0.05, 0) is 19.8 Å². The van der Waals surface area contributed by atoms with Crippen LogP contribution >= 0.6 is 0 Å². The number of nitrogens with one attached hydrogen (secondary N) is 3. The number of pyridine rings is 1. The maximum Gasteiger partial charge on any atom is 0.273 e. The van der Waals surface area contributed by atoms with Crippen LogP contribution in [0.4, 0.5) is 5.69 Å². The highest BCUT2D eigenvalue weighted by Crippen LogP contribution is 2.30. The molecule has 1 aliphatic rings. The van der Waals surface area contributed by atoms with Crippen molar-refractivity contribution in [2.75, 3.05) is 17.3 Å². The van der Waals surface area contributed by atoms with Crippen molar-refractivity contribution in [1.82, 2.24) is 25.6 Å². The molecule has 1 fully saturated rings. The molecule has 1 saturated carbocycles. The van der Waals surface area contributed by atoms with Crippen LogP contribution in [0.25, 0.3) is 11.0 Å². The maximum absolute atomic E-state index is 12.6. The molecule has 2 amide bonds. The minimum atomic E-state index is -3.49. The Morgan fingerprint density at radius 2 is 1.93 bits per heavy atom. The Labute approximate surface area is 163 Å². The number of carbonyl (C=O) groups is 2. The summed E-state index contributed by atoms with van der Waals surface area (Å²) in [6.07, 6.45) is 8.33. The summed E-state index contributed by atoms with van der Waals surface area (Å²) < 4.78 is 24.1. The monoisotopic (exact) mass is 408 g/mol. The van der Waals surface area contributed by atoms with Crippen molar-refractivity contribution in [2.45, 2.75) is 45.2 Å². The number of carbonyl (C=O) groups excluding carboxylic acids is 2. The molecule has 3 rings (SSSR count). The minimum absolute atomic E-state index is 0.252. The highest BCUT2D eigenvalue weighted by molar-refractivity contribution is 7.91. The third kappa shape index (κ3) is 4.58. The molecule has 0 spiro atoms. The van der Waals surface area contributed by atoms with Gasteiger partial charge in [0.05, 0.1) is 22.8 Å². The second-order valence-electron chi connectivity index (χ2n) is 6.94. The molecule has 0 aliphatic heterocycles. The predicted molar refractivity (Wildman–Crippen MR) is 104 cm³/mol. The van der Waals surface area contributed by atoms with Gasteiger partial charge in [0, 0.05) is 25.0 Å². The highest BCUT2D eigenvalue weighted by atomic mass is 32.2. The number of aromatic nitrogens is 3. The molecule has 0 bridgehead atoms. The average molecular weight is 408 g/mol. The van der Waals surface area contributed by atoms with Gasteiger partial charge in [-0.25, -0.2) is 18.1 Å². The van der Waals surface area contributed by atoms with E-state index in [9.17, 15) is 18.0 Å². The number of hydrazine groups is 1. The van der Waals surface area contributed by atoms with Gasteiger partial charge in [-0.3, -0.25) is 20.4 Å². The zero-order valence-electron chi connectivity index (χ0n) is 15.9. The molecule has 28 heavy (non-hydrogen) atoms. The van der Waals surface area contributed by atoms with Crippen LogP contribution in [0.1, 0.15) is 43.0 Å². The molecular weight excluding hydrogens is 384 g/mol. The lowest BCUT2D eigenvalue weighted by Crippen LogP contribution is -2.44. The maximum atomic E-state index is 12.6. The third-order valence-corrected chi connectivity index (χ3v) is 5.41.